The van der Waals surface area contributed by atoms with Crippen LogP contribution in [0.15, 0.2) is 10.7 Å². The highest BCUT2D eigenvalue weighted by atomic mass is 79.9. The van der Waals surface area contributed by atoms with Crippen LogP contribution in [0.25, 0.3) is 0 Å². The van der Waals surface area contributed by atoms with E-state index in [0.717, 1.165) is 0 Å². The second-order valence-corrected chi connectivity index (χ2v) is 3.07. The molecule has 1 nitrogen and oxygen atoms in total. The first-order valence-corrected chi connectivity index (χ1v) is 3.92. The number of aryl methyl sites for hydroxylation is 1. The number of halogens is 4. The van der Waals surface area contributed by atoms with E-state index in [0.29, 0.717) is 0 Å². The molecule has 0 atom stereocenters. The van der Waals surface area contributed by atoms with Crippen molar-refractivity contribution >= 4 is 15.9 Å². The molecule has 66 valence electrons. The van der Waals surface area contributed by atoms with E-state index < -0.39 is 17.9 Å². The number of alkyl halides is 2. The van der Waals surface area contributed by atoms with E-state index in [-0.39, 0.29) is 10.2 Å². The molecule has 0 aliphatic carbocycles. The number of nitrogens with zero attached hydrogens (tertiary/aromatic N) is 1. The average Bonchev–Trinajstić information content (AvgIpc) is 1.96. The lowest BCUT2D eigenvalue weighted by atomic mass is 10.2. The normalized spacial score (nSPS) is 10.8. The Labute approximate surface area is 75.7 Å². The smallest absolute Gasteiger partial charge is 0.237 e. The van der Waals surface area contributed by atoms with Gasteiger partial charge in [0.1, 0.15) is 10.3 Å². The van der Waals surface area contributed by atoms with Gasteiger partial charge in [0, 0.05) is 0 Å². The van der Waals surface area contributed by atoms with Gasteiger partial charge in [-0.15, -0.1) is 0 Å². The van der Waals surface area contributed by atoms with Crippen molar-refractivity contribution in [1.82, 2.24) is 4.98 Å². The topological polar surface area (TPSA) is 12.9 Å². The standard InChI is InChI=1S/C7H5BrF3N/c1-3-2-4(8)12-6(5(3)9)7(10)11/h2,7H,1H3. The molecule has 0 aromatic carbocycles. The fourth-order valence-corrected chi connectivity index (χ4v) is 1.32. The Bertz CT molecular complexity index is 301. The SMILES string of the molecule is Cc1cc(Br)nc(C(F)F)c1F. The first-order chi connectivity index (χ1) is 5.52. The average molecular weight is 240 g/mol. The van der Waals surface area contributed by atoms with Gasteiger partial charge in [-0.3, -0.25) is 0 Å². The van der Waals surface area contributed by atoms with Crippen molar-refractivity contribution in [1.29, 1.82) is 0 Å². The number of pyridine rings is 1. The summed E-state index contributed by atoms with van der Waals surface area (Å²) in [6.45, 7) is 1.41. The summed E-state index contributed by atoms with van der Waals surface area (Å²) >= 11 is 2.90. The van der Waals surface area contributed by atoms with Crippen molar-refractivity contribution in [2.75, 3.05) is 0 Å². The van der Waals surface area contributed by atoms with Gasteiger partial charge >= 0.3 is 0 Å². The van der Waals surface area contributed by atoms with E-state index in [9.17, 15) is 13.2 Å². The molecule has 0 fully saturated rings. The lowest BCUT2D eigenvalue weighted by Crippen LogP contribution is -1.98. The Morgan fingerprint density at radius 2 is 2.08 bits per heavy atom. The second-order valence-electron chi connectivity index (χ2n) is 2.26. The fourth-order valence-electron chi connectivity index (χ4n) is 0.785. The molecule has 0 aliphatic rings. The van der Waals surface area contributed by atoms with Crippen LogP contribution < -0.4 is 0 Å². The zero-order chi connectivity index (χ0) is 9.30. The number of hydrogen-bond acceptors (Lipinski definition) is 1. The maximum atomic E-state index is 12.9. The van der Waals surface area contributed by atoms with E-state index in [1.165, 1.54) is 13.0 Å². The predicted octanol–water partition coefficient (Wildman–Crippen LogP) is 3.23. The van der Waals surface area contributed by atoms with Gasteiger partial charge in [0.15, 0.2) is 5.82 Å². The molecular formula is C7H5BrF3N. The van der Waals surface area contributed by atoms with E-state index in [2.05, 4.69) is 20.9 Å². The summed E-state index contributed by atoms with van der Waals surface area (Å²) in [7, 11) is 0. The minimum absolute atomic E-state index is 0.159. The zero-order valence-electron chi connectivity index (χ0n) is 6.11. The summed E-state index contributed by atoms with van der Waals surface area (Å²) in [5, 5.41) is 0. The predicted molar refractivity (Wildman–Crippen MR) is 41.6 cm³/mol. The van der Waals surface area contributed by atoms with Crippen LogP contribution in [0.2, 0.25) is 0 Å². The maximum Gasteiger partial charge on any atom is 0.283 e. The highest BCUT2D eigenvalue weighted by Crippen LogP contribution is 2.24. The maximum absolute atomic E-state index is 12.9. The third-order valence-corrected chi connectivity index (χ3v) is 1.75. The molecule has 0 saturated carbocycles. The number of aromatic nitrogens is 1. The molecule has 1 rings (SSSR count). The fraction of sp³-hybridized carbons (Fsp3) is 0.286. The van der Waals surface area contributed by atoms with Crippen LogP contribution in [-0.4, -0.2) is 4.98 Å². The Morgan fingerprint density at radius 3 is 2.58 bits per heavy atom. The third kappa shape index (κ3) is 1.77. The van der Waals surface area contributed by atoms with Crippen molar-refractivity contribution in [2.45, 2.75) is 13.3 Å². The summed E-state index contributed by atoms with van der Waals surface area (Å²) in [6, 6.07) is 1.35. The van der Waals surface area contributed by atoms with E-state index >= 15 is 0 Å². The first-order valence-electron chi connectivity index (χ1n) is 3.13. The molecule has 1 heterocycles. The van der Waals surface area contributed by atoms with E-state index in [4.69, 9.17) is 0 Å². The van der Waals surface area contributed by atoms with Crippen molar-refractivity contribution in [3.8, 4) is 0 Å². The molecule has 0 radical (unpaired) electrons. The minimum atomic E-state index is -2.87. The largest absolute Gasteiger partial charge is 0.283 e. The van der Waals surface area contributed by atoms with Crippen LogP contribution in [0.1, 0.15) is 17.7 Å². The van der Waals surface area contributed by atoms with Gasteiger partial charge in [-0.25, -0.2) is 18.2 Å². The van der Waals surface area contributed by atoms with Crippen LogP contribution in [-0.2, 0) is 0 Å². The first kappa shape index (κ1) is 9.51. The Hall–Kier alpha value is -0.580. The highest BCUT2D eigenvalue weighted by molar-refractivity contribution is 9.10. The van der Waals surface area contributed by atoms with Crippen molar-refractivity contribution < 1.29 is 13.2 Å². The van der Waals surface area contributed by atoms with Gasteiger partial charge in [0.2, 0.25) is 0 Å². The van der Waals surface area contributed by atoms with E-state index in [1.807, 2.05) is 0 Å². The van der Waals surface area contributed by atoms with Gasteiger partial charge < -0.3 is 0 Å². The summed E-state index contributed by atoms with van der Waals surface area (Å²) < 4.78 is 37.2. The van der Waals surface area contributed by atoms with Crippen molar-refractivity contribution in [3.63, 3.8) is 0 Å². The van der Waals surface area contributed by atoms with Crippen LogP contribution in [0, 0.1) is 12.7 Å². The lowest BCUT2D eigenvalue weighted by molar-refractivity contribution is 0.140. The van der Waals surface area contributed by atoms with E-state index in [1.54, 1.807) is 0 Å². The highest BCUT2D eigenvalue weighted by Gasteiger charge is 2.17. The molecule has 1 aromatic rings. The third-order valence-electron chi connectivity index (χ3n) is 1.34. The summed E-state index contributed by atoms with van der Waals surface area (Å²) in [4.78, 5) is 3.32. The molecule has 5 heteroatoms. The minimum Gasteiger partial charge on any atom is -0.237 e. The van der Waals surface area contributed by atoms with Gasteiger partial charge in [0.25, 0.3) is 6.43 Å². The quantitative estimate of drug-likeness (QED) is 0.686. The molecule has 12 heavy (non-hydrogen) atoms. The molecule has 0 N–H and O–H groups in total. The Balaban J connectivity index is 3.28. The van der Waals surface area contributed by atoms with Crippen LogP contribution in [0.5, 0.6) is 0 Å². The van der Waals surface area contributed by atoms with Crippen LogP contribution in [0.3, 0.4) is 0 Å². The lowest BCUT2D eigenvalue weighted by Gasteiger charge is -2.03. The monoisotopic (exact) mass is 239 g/mol. The second kappa shape index (κ2) is 3.43. The molecular weight excluding hydrogens is 235 g/mol. The van der Waals surface area contributed by atoms with Crippen LogP contribution >= 0.6 is 15.9 Å². The molecule has 1 aromatic heterocycles. The summed E-state index contributed by atoms with van der Waals surface area (Å²) in [5.41, 5.74) is -0.644. The molecule has 0 saturated heterocycles. The van der Waals surface area contributed by atoms with Gasteiger partial charge in [-0.05, 0) is 34.5 Å². The van der Waals surface area contributed by atoms with Crippen LogP contribution in [0.4, 0.5) is 13.2 Å². The summed E-state index contributed by atoms with van der Waals surface area (Å²) in [5.74, 6) is -0.937. The van der Waals surface area contributed by atoms with Gasteiger partial charge in [-0.1, -0.05) is 0 Å². The Morgan fingerprint density at radius 1 is 1.50 bits per heavy atom. The molecule has 0 bridgehead atoms. The number of rotatable bonds is 1. The summed E-state index contributed by atoms with van der Waals surface area (Å²) in [6.07, 6.45) is -2.87. The zero-order valence-corrected chi connectivity index (χ0v) is 7.70. The molecule has 0 spiro atoms. The van der Waals surface area contributed by atoms with Gasteiger partial charge in [-0.2, -0.15) is 0 Å². The molecule has 0 aliphatic heterocycles. The van der Waals surface area contributed by atoms with Gasteiger partial charge in [0.05, 0.1) is 0 Å². The van der Waals surface area contributed by atoms with Crippen molar-refractivity contribution in [3.05, 3.63) is 27.7 Å². The molecule has 0 amide bonds. The van der Waals surface area contributed by atoms with Crippen molar-refractivity contribution in [2.24, 2.45) is 0 Å². The number of hydrogen-bond donors (Lipinski definition) is 0. The molecule has 0 unspecified atom stereocenters. The Kier molecular flexibility index (Phi) is 2.72.